The molecule has 64 heavy (non-hydrogen) atoms. The summed E-state index contributed by atoms with van der Waals surface area (Å²) in [6, 6.07) is 35.0. The molecule has 336 valence electrons. The number of aliphatic hydroxyl groups excluding tert-OH is 1. The van der Waals surface area contributed by atoms with E-state index in [2.05, 4.69) is 16.0 Å². The Hall–Kier alpha value is -6.90. The van der Waals surface area contributed by atoms with Crippen molar-refractivity contribution in [1.29, 1.82) is 0 Å². The Morgan fingerprint density at radius 2 is 1.27 bits per heavy atom. The van der Waals surface area contributed by atoms with Crippen LogP contribution in [-0.2, 0) is 54.8 Å². The first-order chi connectivity index (χ1) is 30.8. The fourth-order valence-electron chi connectivity index (χ4n) is 6.62. The van der Waals surface area contributed by atoms with Gasteiger partial charge in [-0.1, -0.05) is 115 Å². The zero-order chi connectivity index (χ0) is 46.0. The van der Waals surface area contributed by atoms with Crippen LogP contribution in [0, 0.1) is 6.92 Å². The first-order valence-electron chi connectivity index (χ1n) is 20.6. The van der Waals surface area contributed by atoms with Crippen LogP contribution in [0.4, 0.5) is 9.59 Å². The lowest BCUT2D eigenvalue weighted by molar-refractivity contribution is -0.153. The normalized spacial score (nSPS) is 12.7. The number of esters is 1. The van der Waals surface area contributed by atoms with Gasteiger partial charge in [-0.3, -0.25) is 9.59 Å². The SMILES string of the molecule is COC(=O)[C@H](Cc1cc(-c2ccc(OCc3ccccc3)c(C)c2)ccc1Cl)N(C)C(=O)[C@H](C[C@@H](O)CNC(=O)OCc1ccccc1)NC(=O)C(C)NC(=O)OCc1ccccc1. The van der Waals surface area contributed by atoms with Gasteiger partial charge in [0.1, 0.15) is 43.7 Å². The highest BCUT2D eigenvalue weighted by molar-refractivity contribution is 6.31. The van der Waals surface area contributed by atoms with Crippen LogP contribution >= 0.6 is 11.6 Å². The molecule has 0 bridgehead atoms. The molecule has 0 radical (unpaired) electrons. The van der Waals surface area contributed by atoms with Gasteiger partial charge in [0, 0.05) is 31.5 Å². The number of nitrogens with zero attached hydrogens (tertiary/aromatic N) is 1. The van der Waals surface area contributed by atoms with Crippen molar-refractivity contribution in [3.63, 3.8) is 0 Å². The van der Waals surface area contributed by atoms with E-state index in [4.69, 9.17) is 30.5 Å². The molecule has 0 saturated heterocycles. The highest BCUT2D eigenvalue weighted by atomic mass is 35.5. The second kappa shape index (κ2) is 24.1. The molecule has 0 aliphatic carbocycles. The van der Waals surface area contributed by atoms with Crippen molar-refractivity contribution < 1.29 is 48.0 Å². The molecule has 0 aromatic heterocycles. The highest BCUT2D eigenvalue weighted by Crippen LogP contribution is 2.31. The van der Waals surface area contributed by atoms with Gasteiger partial charge in [-0.2, -0.15) is 0 Å². The summed E-state index contributed by atoms with van der Waals surface area (Å²) in [6.07, 6.45) is -3.56. The van der Waals surface area contributed by atoms with Gasteiger partial charge in [0.2, 0.25) is 11.8 Å². The standard InChI is InChI=1S/C49H53ClN4O10/c1-32-24-37(21-23-44(32)62-29-34-14-8-5-9-15-34)38-20-22-41(50)39(25-38)26-43(47(58)61-4)54(3)46(57)42(27-40(55)28-51-48(59)63-30-35-16-10-6-11-17-35)53-45(56)33(2)52-49(60)64-31-36-18-12-7-13-19-36/h5-25,33,40,42-43,55H,26-31H2,1-4H3,(H,51,59)(H,52,60)(H,53,56)/t33?,40-,42+,43+/m1/s1. The lowest BCUT2D eigenvalue weighted by Gasteiger charge is -2.31. The minimum Gasteiger partial charge on any atom is -0.489 e. The molecule has 1 unspecified atom stereocenters. The number of rotatable bonds is 20. The summed E-state index contributed by atoms with van der Waals surface area (Å²) >= 11 is 6.71. The summed E-state index contributed by atoms with van der Waals surface area (Å²) in [5.74, 6) is -1.60. The minimum atomic E-state index is -1.46. The van der Waals surface area contributed by atoms with Gasteiger partial charge >= 0.3 is 18.2 Å². The van der Waals surface area contributed by atoms with Crippen LogP contribution in [0.1, 0.15) is 41.2 Å². The largest absolute Gasteiger partial charge is 0.489 e. The van der Waals surface area contributed by atoms with Crippen molar-refractivity contribution >= 4 is 41.6 Å². The topological polar surface area (TPSA) is 182 Å². The lowest BCUT2D eigenvalue weighted by atomic mass is 9.97. The number of carbonyl (C=O) groups is 5. The molecule has 0 aliphatic heterocycles. The number of nitrogens with one attached hydrogen (secondary N) is 3. The van der Waals surface area contributed by atoms with Crippen LogP contribution in [0.2, 0.25) is 5.02 Å². The van der Waals surface area contributed by atoms with Crippen LogP contribution < -0.4 is 20.7 Å². The van der Waals surface area contributed by atoms with Gasteiger partial charge in [-0.05, 0) is 77.1 Å². The van der Waals surface area contributed by atoms with Crippen molar-refractivity contribution in [3.05, 3.63) is 160 Å². The number of carbonyl (C=O) groups excluding carboxylic acids is 5. The average Bonchev–Trinajstić information content (AvgIpc) is 3.31. The van der Waals surface area contributed by atoms with E-state index in [1.807, 2.05) is 79.7 Å². The number of ether oxygens (including phenoxy) is 4. The Bertz CT molecular complexity index is 2330. The number of likely N-dealkylation sites (N-methyl/N-ethyl adjacent to an activating group) is 1. The molecule has 5 aromatic rings. The van der Waals surface area contributed by atoms with Crippen LogP contribution in [0.3, 0.4) is 0 Å². The Kier molecular flexibility index (Phi) is 18.1. The molecule has 5 rings (SSSR count). The number of hydrogen-bond donors (Lipinski definition) is 4. The summed E-state index contributed by atoms with van der Waals surface area (Å²) in [5.41, 5.74) is 5.62. The van der Waals surface area contributed by atoms with Crippen LogP contribution in [0.15, 0.2) is 127 Å². The number of methoxy groups -OCH3 is 1. The van der Waals surface area contributed by atoms with Crippen LogP contribution in [0.5, 0.6) is 5.75 Å². The number of aryl methyl sites for hydroxylation is 1. The Morgan fingerprint density at radius 1 is 0.719 bits per heavy atom. The quantitative estimate of drug-likeness (QED) is 0.0474. The number of alkyl carbamates (subject to hydrolysis) is 2. The maximum atomic E-state index is 14.4. The van der Waals surface area contributed by atoms with E-state index < -0.39 is 60.6 Å². The molecule has 4 amide bonds. The second-order valence-electron chi connectivity index (χ2n) is 15.1. The molecule has 0 fully saturated rings. The molecule has 15 heteroatoms. The molecular weight excluding hydrogens is 840 g/mol. The van der Waals surface area contributed by atoms with E-state index in [9.17, 15) is 29.1 Å². The molecule has 0 saturated carbocycles. The third kappa shape index (κ3) is 14.6. The molecule has 14 nitrogen and oxygen atoms in total. The van der Waals surface area contributed by atoms with Gasteiger partial charge in [-0.25, -0.2) is 14.4 Å². The van der Waals surface area contributed by atoms with Crippen LogP contribution in [0.25, 0.3) is 11.1 Å². The number of halogens is 1. The third-order valence-electron chi connectivity index (χ3n) is 10.3. The predicted molar refractivity (Wildman–Crippen MR) is 241 cm³/mol. The van der Waals surface area contributed by atoms with Crippen molar-refractivity contribution in [3.8, 4) is 16.9 Å². The van der Waals surface area contributed by atoms with E-state index in [0.717, 1.165) is 44.0 Å². The maximum absolute atomic E-state index is 14.4. The maximum Gasteiger partial charge on any atom is 0.408 e. The van der Waals surface area contributed by atoms with Crippen molar-refractivity contribution in [2.75, 3.05) is 20.7 Å². The highest BCUT2D eigenvalue weighted by Gasteiger charge is 2.35. The van der Waals surface area contributed by atoms with E-state index in [-0.39, 0.29) is 26.2 Å². The average molecular weight is 893 g/mol. The fourth-order valence-corrected chi connectivity index (χ4v) is 6.81. The summed E-state index contributed by atoms with van der Waals surface area (Å²) in [7, 11) is 2.55. The Morgan fingerprint density at radius 3 is 1.84 bits per heavy atom. The number of amides is 4. The molecule has 0 spiro atoms. The van der Waals surface area contributed by atoms with Crippen molar-refractivity contribution in [1.82, 2.24) is 20.9 Å². The van der Waals surface area contributed by atoms with E-state index in [1.165, 1.54) is 21.1 Å². The Labute approximate surface area is 377 Å². The predicted octanol–water partition coefficient (Wildman–Crippen LogP) is 6.91. The summed E-state index contributed by atoms with van der Waals surface area (Å²) in [5, 5.41) is 18.9. The van der Waals surface area contributed by atoms with Gasteiger partial charge < -0.3 is 44.9 Å². The zero-order valence-electron chi connectivity index (χ0n) is 36.1. The van der Waals surface area contributed by atoms with Crippen LogP contribution in [-0.4, -0.2) is 84.9 Å². The van der Waals surface area contributed by atoms with Gasteiger partial charge in [-0.15, -0.1) is 0 Å². The molecule has 0 heterocycles. The van der Waals surface area contributed by atoms with E-state index >= 15 is 0 Å². The zero-order valence-corrected chi connectivity index (χ0v) is 36.9. The van der Waals surface area contributed by atoms with E-state index in [0.29, 0.717) is 17.2 Å². The van der Waals surface area contributed by atoms with Gasteiger partial charge in [0.25, 0.3) is 0 Å². The Balaban J connectivity index is 1.30. The lowest BCUT2D eigenvalue weighted by Crippen LogP contribution is -2.57. The molecule has 0 aliphatic rings. The van der Waals surface area contributed by atoms with Crippen molar-refractivity contribution in [2.24, 2.45) is 0 Å². The monoisotopic (exact) mass is 892 g/mol. The fraction of sp³-hybridized carbons (Fsp3) is 0.286. The number of hydrogen-bond acceptors (Lipinski definition) is 10. The number of aliphatic hydroxyl groups is 1. The molecular formula is C49H53ClN4O10. The third-order valence-corrected chi connectivity index (χ3v) is 10.6. The summed E-state index contributed by atoms with van der Waals surface area (Å²) in [4.78, 5) is 67.5. The second-order valence-corrected chi connectivity index (χ2v) is 15.5. The molecule has 4 atom stereocenters. The molecule has 5 aromatic carbocycles. The summed E-state index contributed by atoms with van der Waals surface area (Å²) in [6.45, 7) is 3.35. The first-order valence-corrected chi connectivity index (χ1v) is 21.0. The van der Waals surface area contributed by atoms with E-state index in [1.54, 1.807) is 54.6 Å². The first kappa shape index (κ1) is 48.1. The summed E-state index contributed by atoms with van der Waals surface area (Å²) < 4.78 is 21.7. The number of benzene rings is 5. The smallest absolute Gasteiger partial charge is 0.408 e. The van der Waals surface area contributed by atoms with Gasteiger partial charge in [0.15, 0.2) is 0 Å². The van der Waals surface area contributed by atoms with Gasteiger partial charge in [0.05, 0.1) is 13.2 Å². The minimum absolute atomic E-state index is 0.0126. The van der Waals surface area contributed by atoms with Crippen molar-refractivity contribution in [2.45, 2.75) is 70.7 Å². The molecule has 4 N–H and O–H groups in total.